The lowest BCUT2D eigenvalue weighted by atomic mass is 9.92. The van der Waals surface area contributed by atoms with Crippen molar-refractivity contribution >= 4 is 29.2 Å². The molecule has 0 saturated carbocycles. The van der Waals surface area contributed by atoms with Crippen LogP contribution in [-0.2, 0) is 15.0 Å². The number of carbonyl (C=O) groups is 3. The lowest BCUT2D eigenvalue weighted by molar-refractivity contribution is -0.121. The molecular formula is C22H22N6O3. The molecular weight excluding hydrogens is 396 g/mol. The van der Waals surface area contributed by atoms with Crippen molar-refractivity contribution in [3.8, 4) is 5.95 Å². The predicted molar refractivity (Wildman–Crippen MR) is 114 cm³/mol. The van der Waals surface area contributed by atoms with Gasteiger partial charge in [-0.05, 0) is 24.3 Å². The van der Waals surface area contributed by atoms with E-state index in [0.717, 1.165) is 10.6 Å². The van der Waals surface area contributed by atoms with Gasteiger partial charge in [-0.3, -0.25) is 19.3 Å². The van der Waals surface area contributed by atoms with Crippen molar-refractivity contribution in [1.29, 1.82) is 0 Å². The number of imide groups is 1. The predicted octanol–water partition coefficient (Wildman–Crippen LogP) is 2.87. The molecule has 31 heavy (non-hydrogen) atoms. The monoisotopic (exact) mass is 418 g/mol. The molecule has 0 atom stereocenters. The van der Waals surface area contributed by atoms with Crippen LogP contribution in [0.4, 0.5) is 11.5 Å². The van der Waals surface area contributed by atoms with Crippen molar-refractivity contribution in [3.63, 3.8) is 0 Å². The molecule has 1 N–H and O–H groups in total. The number of carbonyl (C=O) groups excluding carboxylic acids is 3. The summed E-state index contributed by atoms with van der Waals surface area (Å²) in [6.07, 6.45) is 3.56. The minimum absolute atomic E-state index is 0.182. The van der Waals surface area contributed by atoms with Crippen LogP contribution in [0.5, 0.6) is 0 Å². The first-order valence-electron chi connectivity index (χ1n) is 9.89. The zero-order valence-corrected chi connectivity index (χ0v) is 17.5. The van der Waals surface area contributed by atoms with Gasteiger partial charge in [-0.1, -0.05) is 26.8 Å². The number of anilines is 2. The zero-order chi connectivity index (χ0) is 22.2. The third kappa shape index (κ3) is 4.07. The van der Waals surface area contributed by atoms with Gasteiger partial charge >= 0.3 is 0 Å². The van der Waals surface area contributed by atoms with E-state index in [0.29, 0.717) is 23.0 Å². The lowest BCUT2D eigenvalue weighted by Gasteiger charge is -2.15. The van der Waals surface area contributed by atoms with Gasteiger partial charge in [0, 0.05) is 42.3 Å². The van der Waals surface area contributed by atoms with Gasteiger partial charge in [-0.15, -0.1) is 0 Å². The van der Waals surface area contributed by atoms with Crippen molar-refractivity contribution in [1.82, 2.24) is 19.7 Å². The summed E-state index contributed by atoms with van der Waals surface area (Å²) in [5.74, 6) is -0.193. The molecule has 2 aromatic heterocycles. The summed E-state index contributed by atoms with van der Waals surface area (Å²) in [7, 11) is 0. The second-order valence-corrected chi connectivity index (χ2v) is 8.25. The van der Waals surface area contributed by atoms with E-state index in [-0.39, 0.29) is 30.1 Å². The Morgan fingerprint density at radius 3 is 2.32 bits per heavy atom. The highest BCUT2D eigenvalue weighted by molar-refractivity contribution is 6.20. The molecule has 9 heteroatoms. The molecule has 0 radical (unpaired) electrons. The highest BCUT2D eigenvalue weighted by Crippen LogP contribution is 2.27. The van der Waals surface area contributed by atoms with Crippen molar-refractivity contribution < 1.29 is 14.4 Å². The van der Waals surface area contributed by atoms with Gasteiger partial charge in [0.25, 0.3) is 11.9 Å². The maximum atomic E-state index is 13.0. The Morgan fingerprint density at radius 1 is 1.00 bits per heavy atom. The summed E-state index contributed by atoms with van der Waals surface area (Å²) in [5, 5.41) is 7.43. The molecule has 1 fully saturated rings. The summed E-state index contributed by atoms with van der Waals surface area (Å²) < 4.78 is 1.48. The lowest BCUT2D eigenvalue weighted by Crippen LogP contribution is -2.28. The highest BCUT2D eigenvalue weighted by atomic mass is 16.2. The molecule has 3 amide bonds. The molecule has 1 aliphatic rings. The van der Waals surface area contributed by atoms with Gasteiger partial charge in [-0.25, -0.2) is 9.97 Å². The van der Waals surface area contributed by atoms with E-state index < -0.39 is 5.91 Å². The number of nitrogens with one attached hydrogen (secondary N) is 1. The van der Waals surface area contributed by atoms with E-state index >= 15 is 0 Å². The third-order valence-corrected chi connectivity index (χ3v) is 4.88. The summed E-state index contributed by atoms with van der Waals surface area (Å²) in [6.45, 7) is 6.06. The fraction of sp³-hybridized carbons (Fsp3) is 0.273. The average molecular weight is 418 g/mol. The minimum atomic E-state index is -0.404. The molecule has 3 aromatic rings. The van der Waals surface area contributed by atoms with E-state index in [2.05, 4.69) is 20.4 Å². The number of nitrogens with zero attached hydrogens (tertiary/aromatic N) is 5. The first kappa shape index (κ1) is 20.4. The number of aromatic nitrogens is 4. The molecule has 0 aliphatic carbocycles. The maximum Gasteiger partial charge on any atom is 0.256 e. The Balaban J connectivity index is 1.66. The van der Waals surface area contributed by atoms with Crippen LogP contribution in [0.3, 0.4) is 0 Å². The van der Waals surface area contributed by atoms with Crippen molar-refractivity contribution in [2.24, 2.45) is 0 Å². The Kier molecular flexibility index (Phi) is 5.10. The van der Waals surface area contributed by atoms with E-state index in [1.807, 2.05) is 20.8 Å². The summed E-state index contributed by atoms with van der Waals surface area (Å²) in [5.41, 5.74) is 1.20. The number of hydrogen-bond donors (Lipinski definition) is 1. The van der Waals surface area contributed by atoms with Crippen LogP contribution in [0, 0.1) is 0 Å². The van der Waals surface area contributed by atoms with Crippen molar-refractivity contribution in [3.05, 3.63) is 60.0 Å². The van der Waals surface area contributed by atoms with Crippen LogP contribution in [-0.4, -0.2) is 37.5 Å². The van der Waals surface area contributed by atoms with Crippen LogP contribution in [0.2, 0.25) is 0 Å². The smallest absolute Gasteiger partial charge is 0.256 e. The van der Waals surface area contributed by atoms with Gasteiger partial charge in [0.15, 0.2) is 0 Å². The third-order valence-electron chi connectivity index (χ3n) is 4.88. The van der Waals surface area contributed by atoms with Gasteiger partial charge in [0.1, 0.15) is 5.82 Å². The second kappa shape index (κ2) is 7.75. The minimum Gasteiger partial charge on any atom is -0.306 e. The Morgan fingerprint density at radius 2 is 1.68 bits per heavy atom. The molecule has 4 rings (SSSR count). The van der Waals surface area contributed by atoms with E-state index in [1.54, 1.807) is 42.7 Å². The van der Waals surface area contributed by atoms with Crippen LogP contribution in [0.15, 0.2) is 48.8 Å². The van der Waals surface area contributed by atoms with E-state index in [4.69, 9.17) is 0 Å². The average Bonchev–Trinajstić information content (AvgIpc) is 3.32. The maximum absolute atomic E-state index is 13.0. The molecule has 1 aliphatic heterocycles. The first-order chi connectivity index (χ1) is 14.7. The number of benzene rings is 1. The van der Waals surface area contributed by atoms with Crippen molar-refractivity contribution in [2.45, 2.75) is 39.0 Å². The standard InChI is InChI=1S/C22H22N6O3/c1-22(2,3)16-13-17(28(26-16)21-23-10-5-11-24-21)25-20(31)14-6-4-7-15(12-14)27-18(29)8-9-19(27)30/h4-7,10-13H,8-9H2,1-3H3,(H,25,31). The quantitative estimate of drug-likeness (QED) is 0.653. The fourth-order valence-electron chi connectivity index (χ4n) is 3.23. The SMILES string of the molecule is CC(C)(C)c1cc(NC(=O)c2cccc(N3C(=O)CCC3=O)c2)n(-c2ncccn2)n1. The van der Waals surface area contributed by atoms with Crippen LogP contribution >= 0.6 is 0 Å². The molecule has 1 aromatic carbocycles. The van der Waals surface area contributed by atoms with Crippen molar-refractivity contribution in [2.75, 3.05) is 10.2 Å². The topological polar surface area (TPSA) is 110 Å². The summed E-state index contributed by atoms with van der Waals surface area (Å²) >= 11 is 0. The number of hydrogen-bond acceptors (Lipinski definition) is 6. The molecule has 158 valence electrons. The fourth-order valence-corrected chi connectivity index (χ4v) is 3.23. The van der Waals surface area contributed by atoms with Gasteiger partial charge in [0.2, 0.25) is 11.8 Å². The molecule has 0 spiro atoms. The van der Waals surface area contributed by atoms with Gasteiger partial charge in [0.05, 0.1) is 11.4 Å². The van der Waals surface area contributed by atoms with E-state index in [9.17, 15) is 14.4 Å². The zero-order valence-electron chi connectivity index (χ0n) is 17.5. The van der Waals surface area contributed by atoms with Crippen LogP contribution in [0.25, 0.3) is 5.95 Å². The van der Waals surface area contributed by atoms with E-state index in [1.165, 1.54) is 10.7 Å². The Bertz CT molecular complexity index is 1150. The normalized spacial score (nSPS) is 14.2. The number of rotatable bonds is 4. The van der Waals surface area contributed by atoms with Gasteiger partial charge in [-0.2, -0.15) is 9.78 Å². The largest absolute Gasteiger partial charge is 0.306 e. The number of amides is 3. The summed E-state index contributed by atoms with van der Waals surface area (Å²) in [4.78, 5) is 46.6. The van der Waals surface area contributed by atoms with Crippen LogP contribution < -0.4 is 10.2 Å². The van der Waals surface area contributed by atoms with Crippen LogP contribution in [0.1, 0.15) is 49.7 Å². The first-order valence-corrected chi connectivity index (χ1v) is 9.89. The molecule has 9 nitrogen and oxygen atoms in total. The molecule has 3 heterocycles. The highest BCUT2D eigenvalue weighted by Gasteiger charge is 2.30. The molecule has 0 bridgehead atoms. The van der Waals surface area contributed by atoms with Gasteiger partial charge < -0.3 is 5.32 Å². The second-order valence-electron chi connectivity index (χ2n) is 8.25. The molecule has 1 saturated heterocycles. The molecule has 0 unspecified atom stereocenters. The summed E-state index contributed by atoms with van der Waals surface area (Å²) in [6, 6.07) is 9.90. The Hall–Kier alpha value is -3.88. The Labute approximate surface area is 179 Å².